The zero-order valence-electron chi connectivity index (χ0n) is 10.8. The smallest absolute Gasteiger partial charge is 0.112 e. The van der Waals surface area contributed by atoms with E-state index in [-0.39, 0.29) is 0 Å². The van der Waals surface area contributed by atoms with Gasteiger partial charge in [-0.05, 0) is 41.4 Å². The molecule has 0 fully saturated rings. The number of pyridine rings is 2. The molecular weight excluding hydrogens is 290 g/mol. The van der Waals surface area contributed by atoms with E-state index in [0.29, 0.717) is 6.04 Å². The Kier molecular flexibility index (Phi) is 4.53. The van der Waals surface area contributed by atoms with Gasteiger partial charge in [0, 0.05) is 22.9 Å². The van der Waals surface area contributed by atoms with E-state index in [0.717, 1.165) is 21.2 Å². The lowest BCUT2D eigenvalue weighted by Crippen LogP contribution is -2.15. The molecule has 0 aromatic carbocycles. The minimum absolute atomic E-state index is 0.459. The van der Waals surface area contributed by atoms with Crippen LogP contribution in [0.3, 0.4) is 0 Å². The number of rotatable bonds is 5. The number of fused-ring (bicyclic) bond motifs is 1. The van der Waals surface area contributed by atoms with E-state index >= 15 is 0 Å². The molecule has 2 rings (SSSR count). The van der Waals surface area contributed by atoms with Gasteiger partial charge in [-0.3, -0.25) is 9.97 Å². The van der Waals surface area contributed by atoms with Gasteiger partial charge in [-0.15, -0.1) is 0 Å². The SMILES string of the molecule is CCCCC(C)Nc1ccnc2cc(Br)cnc12. The maximum absolute atomic E-state index is 4.44. The summed E-state index contributed by atoms with van der Waals surface area (Å²) in [6.45, 7) is 4.43. The first kappa shape index (κ1) is 13.3. The van der Waals surface area contributed by atoms with Crippen molar-refractivity contribution in [2.75, 3.05) is 5.32 Å². The van der Waals surface area contributed by atoms with E-state index in [4.69, 9.17) is 0 Å². The lowest BCUT2D eigenvalue weighted by Gasteiger charge is -2.15. The lowest BCUT2D eigenvalue weighted by molar-refractivity contribution is 0.645. The quantitative estimate of drug-likeness (QED) is 0.890. The fourth-order valence-corrected chi connectivity index (χ4v) is 2.29. The molecule has 0 saturated carbocycles. The molecule has 0 spiro atoms. The second-order valence-corrected chi connectivity index (χ2v) is 5.48. The summed E-state index contributed by atoms with van der Waals surface area (Å²) in [6.07, 6.45) is 7.29. The molecule has 0 amide bonds. The minimum atomic E-state index is 0.459. The van der Waals surface area contributed by atoms with Gasteiger partial charge in [-0.2, -0.15) is 0 Å². The highest BCUT2D eigenvalue weighted by Crippen LogP contribution is 2.23. The fraction of sp³-hybridized carbons (Fsp3) is 0.429. The second-order valence-electron chi connectivity index (χ2n) is 4.57. The van der Waals surface area contributed by atoms with Gasteiger partial charge in [-0.25, -0.2) is 0 Å². The third kappa shape index (κ3) is 3.19. The van der Waals surface area contributed by atoms with Crippen LogP contribution in [0.5, 0.6) is 0 Å². The number of nitrogens with zero attached hydrogens (tertiary/aromatic N) is 2. The van der Waals surface area contributed by atoms with Crippen molar-refractivity contribution in [1.82, 2.24) is 9.97 Å². The van der Waals surface area contributed by atoms with E-state index in [2.05, 4.69) is 45.1 Å². The largest absolute Gasteiger partial charge is 0.381 e. The topological polar surface area (TPSA) is 37.8 Å². The van der Waals surface area contributed by atoms with Crippen LogP contribution >= 0.6 is 15.9 Å². The number of nitrogens with one attached hydrogen (secondary N) is 1. The normalized spacial score (nSPS) is 12.6. The average Bonchev–Trinajstić information content (AvgIpc) is 2.36. The maximum atomic E-state index is 4.44. The Balaban J connectivity index is 2.22. The van der Waals surface area contributed by atoms with Gasteiger partial charge in [-0.1, -0.05) is 19.8 Å². The highest BCUT2D eigenvalue weighted by molar-refractivity contribution is 9.10. The number of hydrogen-bond acceptors (Lipinski definition) is 3. The van der Waals surface area contributed by atoms with Gasteiger partial charge >= 0.3 is 0 Å². The van der Waals surface area contributed by atoms with Crippen LogP contribution in [0, 0.1) is 0 Å². The average molecular weight is 308 g/mol. The number of hydrogen-bond donors (Lipinski definition) is 1. The van der Waals surface area contributed by atoms with Crippen LogP contribution in [0.1, 0.15) is 33.1 Å². The molecule has 1 atom stereocenters. The maximum Gasteiger partial charge on any atom is 0.112 e. The molecule has 1 N–H and O–H groups in total. The summed E-state index contributed by atoms with van der Waals surface area (Å²) < 4.78 is 0.957. The number of anilines is 1. The summed E-state index contributed by atoms with van der Waals surface area (Å²) in [5, 5.41) is 3.52. The molecule has 1 unspecified atom stereocenters. The third-order valence-electron chi connectivity index (χ3n) is 2.94. The van der Waals surface area contributed by atoms with Crippen molar-refractivity contribution in [3.05, 3.63) is 29.0 Å². The van der Waals surface area contributed by atoms with Crippen molar-refractivity contribution in [2.24, 2.45) is 0 Å². The molecule has 0 aliphatic rings. The van der Waals surface area contributed by atoms with Crippen molar-refractivity contribution in [1.29, 1.82) is 0 Å². The summed E-state index contributed by atoms with van der Waals surface area (Å²) in [5.41, 5.74) is 2.91. The first-order valence-electron chi connectivity index (χ1n) is 6.37. The van der Waals surface area contributed by atoms with Crippen molar-refractivity contribution in [2.45, 2.75) is 39.2 Å². The van der Waals surface area contributed by atoms with Crippen molar-refractivity contribution in [3.63, 3.8) is 0 Å². The van der Waals surface area contributed by atoms with Gasteiger partial charge < -0.3 is 5.32 Å². The molecule has 0 radical (unpaired) electrons. The molecular formula is C14H18BrN3. The molecule has 3 nitrogen and oxygen atoms in total. The highest BCUT2D eigenvalue weighted by atomic mass is 79.9. The van der Waals surface area contributed by atoms with Crippen LogP contribution in [-0.2, 0) is 0 Å². The van der Waals surface area contributed by atoms with Crippen LogP contribution in [-0.4, -0.2) is 16.0 Å². The number of halogens is 1. The number of unbranched alkanes of at least 4 members (excludes halogenated alkanes) is 1. The second kappa shape index (κ2) is 6.14. The molecule has 0 saturated heterocycles. The first-order valence-corrected chi connectivity index (χ1v) is 7.17. The van der Waals surface area contributed by atoms with E-state index in [1.54, 1.807) is 0 Å². The highest BCUT2D eigenvalue weighted by Gasteiger charge is 2.07. The van der Waals surface area contributed by atoms with E-state index in [9.17, 15) is 0 Å². The monoisotopic (exact) mass is 307 g/mol. The Hall–Kier alpha value is -1.16. The van der Waals surface area contributed by atoms with E-state index < -0.39 is 0 Å². The minimum Gasteiger partial charge on any atom is -0.381 e. The summed E-state index contributed by atoms with van der Waals surface area (Å²) in [5.74, 6) is 0. The Morgan fingerprint density at radius 1 is 1.39 bits per heavy atom. The van der Waals surface area contributed by atoms with Gasteiger partial charge in [0.15, 0.2) is 0 Å². The van der Waals surface area contributed by atoms with Crippen LogP contribution in [0.4, 0.5) is 5.69 Å². The van der Waals surface area contributed by atoms with Crippen LogP contribution < -0.4 is 5.32 Å². The summed E-state index contributed by atoms with van der Waals surface area (Å²) in [7, 11) is 0. The predicted molar refractivity (Wildman–Crippen MR) is 79.8 cm³/mol. The van der Waals surface area contributed by atoms with Crippen molar-refractivity contribution in [3.8, 4) is 0 Å². The molecule has 18 heavy (non-hydrogen) atoms. The molecule has 2 aromatic rings. The van der Waals surface area contributed by atoms with Crippen LogP contribution in [0.2, 0.25) is 0 Å². The zero-order valence-corrected chi connectivity index (χ0v) is 12.4. The van der Waals surface area contributed by atoms with Crippen LogP contribution in [0.25, 0.3) is 11.0 Å². The Morgan fingerprint density at radius 3 is 3.00 bits per heavy atom. The summed E-state index contributed by atoms with van der Waals surface area (Å²) in [6, 6.07) is 4.44. The fourth-order valence-electron chi connectivity index (χ4n) is 1.97. The molecule has 0 aliphatic heterocycles. The summed E-state index contributed by atoms with van der Waals surface area (Å²) in [4.78, 5) is 8.78. The lowest BCUT2D eigenvalue weighted by atomic mass is 10.1. The molecule has 4 heteroatoms. The molecule has 2 heterocycles. The standard InChI is InChI=1S/C14H18BrN3/c1-3-4-5-10(2)18-12-6-7-16-13-8-11(15)9-17-14(12)13/h6-10H,3-5H2,1-2H3,(H,16,18). The Morgan fingerprint density at radius 2 is 2.22 bits per heavy atom. The number of aromatic nitrogens is 2. The van der Waals surface area contributed by atoms with Crippen molar-refractivity contribution >= 4 is 32.7 Å². The van der Waals surface area contributed by atoms with E-state index in [1.165, 1.54) is 19.3 Å². The Labute approximate surface area is 116 Å². The van der Waals surface area contributed by atoms with Gasteiger partial charge in [0.25, 0.3) is 0 Å². The van der Waals surface area contributed by atoms with Gasteiger partial charge in [0.05, 0.1) is 11.2 Å². The van der Waals surface area contributed by atoms with Crippen molar-refractivity contribution < 1.29 is 0 Å². The van der Waals surface area contributed by atoms with Gasteiger partial charge in [0.1, 0.15) is 5.52 Å². The molecule has 2 aromatic heterocycles. The summed E-state index contributed by atoms with van der Waals surface area (Å²) >= 11 is 3.42. The van der Waals surface area contributed by atoms with Gasteiger partial charge in [0.2, 0.25) is 0 Å². The predicted octanol–water partition coefficient (Wildman–Crippen LogP) is 4.38. The Bertz CT molecular complexity index is 527. The van der Waals surface area contributed by atoms with E-state index in [1.807, 2.05) is 24.5 Å². The van der Waals surface area contributed by atoms with Crippen LogP contribution in [0.15, 0.2) is 29.0 Å². The zero-order chi connectivity index (χ0) is 13.0. The molecule has 0 aliphatic carbocycles. The molecule has 96 valence electrons. The first-order chi connectivity index (χ1) is 8.70. The molecule has 0 bridgehead atoms. The third-order valence-corrected chi connectivity index (χ3v) is 3.37.